The van der Waals surface area contributed by atoms with E-state index in [4.69, 9.17) is 17.3 Å². The number of anilines is 1. The van der Waals surface area contributed by atoms with Crippen molar-refractivity contribution < 1.29 is 0 Å². The van der Waals surface area contributed by atoms with Crippen LogP contribution in [0.25, 0.3) is 0 Å². The average Bonchev–Trinajstić information content (AvgIpc) is 2.29. The minimum absolute atomic E-state index is 0.662. The van der Waals surface area contributed by atoms with Crippen LogP contribution in [0.1, 0.15) is 32.3 Å². The molecule has 2 N–H and O–H groups in total. The molecular weight excluding hydrogens is 232 g/mol. The highest BCUT2D eigenvalue weighted by atomic mass is 35.5. The first-order valence-corrected chi connectivity index (χ1v) is 6.72. The molecule has 1 saturated heterocycles. The van der Waals surface area contributed by atoms with Gasteiger partial charge in [0.2, 0.25) is 0 Å². The summed E-state index contributed by atoms with van der Waals surface area (Å²) in [5.74, 6) is 0.801. The lowest BCUT2D eigenvalue weighted by molar-refractivity contribution is 0.117. The topological polar surface area (TPSA) is 29.3 Å². The Kier molecular flexibility index (Phi) is 3.95. The van der Waals surface area contributed by atoms with Crippen LogP contribution in [-0.2, 0) is 6.54 Å². The van der Waals surface area contributed by atoms with Crippen molar-refractivity contribution in [3.63, 3.8) is 0 Å². The summed E-state index contributed by atoms with van der Waals surface area (Å²) < 4.78 is 0. The summed E-state index contributed by atoms with van der Waals surface area (Å²) in [4.78, 5) is 2.54. The molecule has 17 heavy (non-hydrogen) atoms. The zero-order chi connectivity index (χ0) is 12.4. The fourth-order valence-corrected chi connectivity index (χ4v) is 2.71. The highest BCUT2D eigenvalue weighted by Gasteiger charge is 2.22. The molecule has 2 unspecified atom stereocenters. The summed E-state index contributed by atoms with van der Waals surface area (Å²) in [7, 11) is 0. The monoisotopic (exact) mass is 252 g/mol. The molecule has 94 valence electrons. The molecule has 1 heterocycles. The molecule has 0 radical (unpaired) electrons. The second-order valence-electron chi connectivity index (χ2n) is 5.32. The van der Waals surface area contributed by atoms with Gasteiger partial charge in [0.15, 0.2) is 0 Å². The third-order valence-corrected chi connectivity index (χ3v) is 4.02. The third kappa shape index (κ3) is 3.14. The van der Waals surface area contributed by atoms with Crippen LogP contribution in [0.3, 0.4) is 0 Å². The number of nitrogens with two attached hydrogens (primary N) is 1. The van der Waals surface area contributed by atoms with Gasteiger partial charge in [-0.2, -0.15) is 0 Å². The van der Waals surface area contributed by atoms with Gasteiger partial charge >= 0.3 is 0 Å². The van der Waals surface area contributed by atoms with Gasteiger partial charge in [-0.05, 0) is 43.4 Å². The van der Waals surface area contributed by atoms with Crippen LogP contribution in [0.5, 0.6) is 0 Å². The van der Waals surface area contributed by atoms with Crippen LogP contribution in [0.15, 0.2) is 18.2 Å². The molecule has 1 aliphatic heterocycles. The molecule has 3 heteroatoms. The average molecular weight is 253 g/mol. The summed E-state index contributed by atoms with van der Waals surface area (Å²) in [5.41, 5.74) is 7.64. The van der Waals surface area contributed by atoms with E-state index in [0.29, 0.717) is 16.8 Å². The number of halogens is 1. The lowest BCUT2D eigenvalue weighted by Crippen LogP contribution is -2.40. The maximum absolute atomic E-state index is 6.05. The van der Waals surface area contributed by atoms with E-state index >= 15 is 0 Å². The summed E-state index contributed by atoms with van der Waals surface area (Å²) in [6, 6.07) is 6.63. The van der Waals surface area contributed by atoms with Gasteiger partial charge in [0.1, 0.15) is 0 Å². The summed E-state index contributed by atoms with van der Waals surface area (Å²) in [5, 5.41) is 0.667. The van der Waals surface area contributed by atoms with Crippen molar-refractivity contribution in [1.82, 2.24) is 4.90 Å². The minimum atomic E-state index is 0.662. The van der Waals surface area contributed by atoms with Gasteiger partial charge in [0.25, 0.3) is 0 Å². The number of rotatable bonds is 2. The van der Waals surface area contributed by atoms with E-state index in [9.17, 15) is 0 Å². The highest BCUT2D eigenvalue weighted by Crippen LogP contribution is 2.25. The maximum atomic E-state index is 6.05. The molecule has 2 atom stereocenters. The molecular formula is C14H21ClN2. The number of piperidine rings is 1. The predicted molar refractivity (Wildman–Crippen MR) is 74.1 cm³/mol. The Labute approximate surface area is 109 Å². The maximum Gasteiger partial charge on any atom is 0.0638 e. The first-order valence-electron chi connectivity index (χ1n) is 6.34. The van der Waals surface area contributed by atoms with E-state index in [-0.39, 0.29) is 0 Å². The second kappa shape index (κ2) is 5.28. The van der Waals surface area contributed by atoms with Gasteiger partial charge in [0.05, 0.1) is 10.7 Å². The van der Waals surface area contributed by atoms with E-state index in [1.807, 2.05) is 12.1 Å². The van der Waals surface area contributed by atoms with Crippen LogP contribution in [-0.4, -0.2) is 17.5 Å². The molecule has 2 rings (SSSR count). The number of nitrogens with zero attached hydrogens (tertiary/aromatic N) is 1. The van der Waals surface area contributed by atoms with E-state index in [0.717, 1.165) is 12.5 Å². The standard InChI is InChI=1S/C14H21ClN2/c1-10-3-4-11(2)17(8-10)9-12-5-6-14(16)13(15)7-12/h5-7,10-11H,3-4,8-9,16H2,1-2H3. The van der Waals surface area contributed by atoms with Crippen molar-refractivity contribution in [2.24, 2.45) is 5.92 Å². The SMILES string of the molecule is CC1CCC(C)N(Cc2ccc(N)c(Cl)c2)C1. The quantitative estimate of drug-likeness (QED) is 0.816. The molecule has 1 fully saturated rings. The largest absolute Gasteiger partial charge is 0.398 e. The van der Waals surface area contributed by atoms with Crippen molar-refractivity contribution in [2.45, 2.75) is 39.3 Å². The van der Waals surface area contributed by atoms with Crippen LogP contribution < -0.4 is 5.73 Å². The van der Waals surface area contributed by atoms with E-state index in [2.05, 4.69) is 24.8 Å². The van der Waals surface area contributed by atoms with Crippen LogP contribution in [0.4, 0.5) is 5.69 Å². The van der Waals surface area contributed by atoms with E-state index < -0.39 is 0 Å². The molecule has 0 spiro atoms. The first kappa shape index (κ1) is 12.7. The summed E-state index contributed by atoms with van der Waals surface area (Å²) in [6.45, 7) is 6.80. The van der Waals surface area contributed by atoms with E-state index in [1.165, 1.54) is 24.9 Å². The Bertz CT molecular complexity index is 392. The zero-order valence-corrected chi connectivity index (χ0v) is 11.4. The highest BCUT2D eigenvalue weighted by molar-refractivity contribution is 6.33. The fourth-order valence-electron chi connectivity index (χ4n) is 2.50. The van der Waals surface area contributed by atoms with Gasteiger partial charge in [0, 0.05) is 19.1 Å². The minimum Gasteiger partial charge on any atom is -0.398 e. The molecule has 1 aromatic carbocycles. The lowest BCUT2D eigenvalue weighted by atomic mass is 9.94. The van der Waals surface area contributed by atoms with Crippen molar-refractivity contribution in [2.75, 3.05) is 12.3 Å². The molecule has 0 aliphatic carbocycles. The Morgan fingerprint density at radius 1 is 1.35 bits per heavy atom. The van der Waals surface area contributed by atoms with Crippen molar-refractivity contribution in [3.05, 3.63) is 28.8 Å². The summed E-state index contributed by atoms with van der Waals surface area (Å²) >= 11 is 6.05. The van der Waals surface area contributed by atoms with Crippen molar-refractivity contribution >= 4 is 17.3 Å². The molecule has 0 amide bonds. The van der Waals surface area contributed by atoms with Gasteiger partial charge in [-0.25, -0.2) is 0 Å². The Morgan fingerprint density at radius 3 is 2.82 bits per heavy atom. The number of hydrogen-bond donors (Lipinski definition) is 1. The van der Waals surface area contributed by atoms with Gasteiger partial charge < -0.3 is 5.73 Å². The molecule has 2 nitrogen and oxygen atoms in total. The molecule has 0 aromatic heterocycles. The van der Waals surface area contributed by atoms with E-state index in [1.54, 1.807) is 0 Å². The van der Waals surface area contributed by atoms with Gasteiger partial charge in [-0.15, -0.1) is 0 Å². The first-order chi connectivity index (χ1) is 8.06. The lowest BCUT2D eigenvalue weighted by Gasteiger charge is -2.36. The number of likely N-dealkylation sites (tertiary alicyclic amines) is 1. The number of nitrogen functional groups attached to an aromatic ring is 1. The zero-order valence-electron chi connectivity index (χ0n) is 10.6. The van der Waals surface area contributed by atoms with Crippen LogP contribution in [0.2, 0.25) is 5.02 Å². The number of benzene rings is 1. The summed E-state index contributed by atoms with van der Waals surface area (Å²) in [6.07, 6.45) is 2.64. The van der Waals surface area contributed by atoms with Crippen LogP contribution >= 0.6 is 11.6 Å². The second-order valence-corrected chi connectivity index (χ2v) is 5.72. The smallest absolute Gasteiger partial charge is 0.0638 e. The van der Waals surface area contributed by atoms with Gasteiger partial charge in [-0.3, -0.25) is 4.90 Å². The normalized spacial score (nSPS) is 26.1. The van der Waals surface area contributed by atoms with Crippen molar-refractivity contribution in [3.8, 4) is 0 Å². The molecule has 0 bridgehead atoms. The third-order valence-electron chi connectivity index (χ3n) is 3.70. The van der Waals surface area contributed by atoms with Gasteiger partial charge in [-0.1, -0.05) is 24.6 Å². The Balaban J connectivity index is 2.06. The van der Waals surface area contributed by atoms with Crippen LogP contribution in [0, 0.1) is 5.92 Å². The number of hydrogen-bond acceptors (Lipinski definition) is 2. The Morgan fingerprint density at radius 2 is 2.12 bits per heavy atom. The molecule has 0 saturated carbocycles. The molecule has 1 aromatic rings. The van der Waals surface area contributed by atoms with Crippen molar-refractivity contribution in [1.29, 1.82) is 0 Å². The predicted octanol–water partition coefficient (Wildman–Crippen LogP) is 3.54. The Hall–Kier alpha value is -0.730. The molecule has 1 aliphatic rings. The fraction of sp³-hybridized carbons (Fsp3) is 0.571.